The lowest BCUT2D eigenvalue weighted by atomic mass is 10.1. The SMILES string of the molecule is Cc1cc(-c2ccc(C(F)(F)F)cc2)nc(C(=O)O)n1. The zero-order chi connectivity index (χ0) is 14.9. The van der Waals surface area contributed by atoms with E-state index in [1.165, 1.54) is 18.2 Å². The van der Waals surface area contributed by atoms with Crippen molar-refractivity contribution in [3.05, 3.63) is 47.4 Å². The number of carbonyl (C=O) groups is 1. The third kappa shape index (κ3) is 2.93. The fourth-order valence-corrected chi connectivity index (χ4v) is 1.64. The molecule has 104 valence electrons. The van der Waals surface area contributed by atoms with E-state index in [4.69, 9.17) is 5.11 Å². The van der Waals surface area contributed by atoms with E-state index in [9.17, 15) is 18.0 Å². The van der Waals surface area contributed by atoms with E-state index in [2.05, 4.69) is 9.97 Å². The van der Waals surface area contributed by atoms with Gasteiger partial charge in [0.2, 0.25) is 5.82 Å². The average Bonchev–Trinajstić information content (AvgIpc) is 2.37. The highest BCUT2D eigenvalue weighted by molar-refractivity contribution is 5.84. The molecule has 2 aromatic rings. The van der Waals surface area contributed by atoms with Crippen LogP contribution >= 0.6 is 0 Å². The van der Waals surface area contributed by atoms with Crippen molar-refractivity contribution >= 4 is 5.97 Å². The van der Waals surface area contributed by atoms with Crippen LogP contribution in [0.25, 0.3) is 11.3 Å². The predicted molar refractivity (Wildman–Crippen MR) is 64.2 cm³/mol. The molecular formula is C13H9F3N2O2. The third-order valence-corrected chi connectivity index (χ3v) is 2.55. The van der Waals surface area contributed by atoms with Crippen molar-refractivity contribution in [2.24, 2.45) is 0 Å². The zero-order valence-corrected chi connectivity index (χ0v) is 10.3. The molecule has 0 atom stereocenters. The summed E-state index contributed by atoms with van der Waals surface area (Å²) in [4.78, 5) is 18.4. The van der Waals surface area contributed by atoms with Crippen LogP contribution < -0.4 is 0 Å². The summed E-state index contributed by atoms with van der Waals surface area (Å²) in [6.45, 7) is 1.59. The van der Waals surface area contributed by atoms with Crippen molar-refractivity contribution in [3.8, 4) is 11.3 Å². The molecule has 0 saturated carbocycles. The lowest BCUT2D eigenvalue weighted by molar-refractivity contribution is -0.137. The first-order chi connectivity index (χ1) is 9.27. The lowest BCUT2D eigenvalue weighted by Crippen LogP contribution is -2.07. The summed E-state index contributed by atoms with van der Waals surface area (Å²) in [6.07, 6.45) is -4.41. The minimum atomic E-state index is -4.41. The molecule has 1 heterocycles. The Kier molecular flexibility index (Phi) is 3.44. The smallest absolute Gasteiger partial charge is 0.416 e. The molecule has 4 nitrogen and oxygen atoms in total. The van der Waals surface area contributed by atoms with Gasteiger partial charge in [0.25, 0.3) is 0 Å². The number of benzene rings is 1. The number of carboxylic acids is 1. The maximum absolute atomic E-state index is 12.5. The van der Waals surface area contributed by atoms with E-state index in [0.29, 0.717) is 11.3 Å². The standard InChI is InChI=1S/C13H9F3N2O2/c1-7-6-10(18-11(17-7)12(19)20)8-2-4-9(5-3-8)13(14,15)16/h2-6H,1H3,(H,19,20). The predicted octanol–water partition coefficient (Wildman–Crippen LogP) is 3.17. The van der Waals surface area contributed by atoms with Gasteiger partial charge in [-0.3, -0.25) is 0 Å². The van der Waals surface area contributed by atoms with Crippen LogP contribution in [0, 0.1) is 6.92 Å². The van der Waals surface area contributed by atoms with Crippen LogP contribution in [0.4, 0.5) is 13.2 Å². The molecule has 0 radical (unpaired) electrons. The molecule has 2 rings (SSSR count). The second kappa shape index (κ2) is 4.92. The van der Waals surface area contributed by atoms with Crippen molar-refractivity contribution in [3.63, 3.8) is 0 Å². The lowest BCUT2D eigenvalue weighted by Gasteiger charge is -2.08. The molecule has 1 aromatic heterocycles. The second-order valence-electron chi connectivity index (χ2n) is 4.10. The number of halogens is 3. The number of aromatic carboxylic acids is 1. The number of carboxylic acid groups (broad SMARTS) is 1. The van der Waals surface area contributed by atoms with Gasteiger partial charge in [-0.05, 0) is 25.1 Å². The fourth-order valence-electron chi connectivity index (χ4n) is 1.64. The summed E-state index contributed by atoms with van der Waals surface area (Å²) in [5.74, 6) is -1.68. The Balaban J connectivity index is 2.44. The first-order valence-electron chi connectivity index (χ1n) is 5.54. The fraction of sp³-hybridized carbons (Fsp3) is 0.154. The van der Waals surface area contributed by atoms with Gasteiger partial charge >= 0.3 is 12.1 Å². The van der Waals surface area contributed by atoms with Crippen molar-refractivity contribution in [1.82, 2.24) is 9.97 Å². The van der Waals surface area contributed by atoms with E-state index in [-0.39, 0.29) is 11.5 Å². The van der Waals surface area contributed by atoms with Gasteiger partial charge in [-0.2, -0.15) is 13.2 Å². The van der Waals surface area contributed by atoms with Crippen molar-refractivity contribution in [1.29, 1.82) is 0 Å². The molecule has 7 heteroatoms. The Bertz CT molecular complexity index is 652. The van der Waals surface area contributed by atoms with Crippen LogP contribution in [0.5, 0.6) is 0 Å². The summed E-state index contributed by atoms with van der Waals surface area (Å²) in [5, 5.41) is 8.86. The van der Waals surface area contributed by atoms with Gasteiger partial charge < -0.3 is 5.11 Å². The van der Waals surface area contributed by atoms with Gasteiger partial charge in [0.05, 0.1) is 11.3 Å². The average molecular weight is 282 g/mol. The van der Waals surface area contributed by atoms with E-state index in [1.807, 2.05) is 0 Å². The number of aromatic nitrogens is 2. The maximum atomic E-state index is 12.5. The van der Waals surface area contributed by atoms with Crippen LogP contribution in [0.15, 0.2) is 30.3 Å². The van der Waals surface area contributed by atoms with Crippen LogP contribution in [-0.2, 0) is 6.18 Å². The minimum Gasteiger partial charge on any atom is -0.475 e. The van der Waals surface area contributed by atoms with Crippen molar-refractivity contribution < 1.29 is 23.1 Å². The number of hydrogen-bond donors (Lipinski definition) is 1. The number of nitrogens with zero attached hydrogens (tertiary/aromatic N) is 2. The van der Waals surface area contributed by atoms with Gasteiger partial charge in [-0.15, -0.1) is 0 Å². The van der Waals surface area contributed by atoms with Crippen LogP contribution in [0.3, 0.4) is 0 Å². The Hall–Kier alpha value is -2.44. The highest BCUT2D eigenvalue weighted by Gasteiger charge is 2.30. The molecule has 0 unspecified atom stereocenters. The molecule has 20 heavy (non-hydrogen) atoms. The summed E-state index contributed by atoms with van der Waals surface area (Å²) in [6, 6.07) is 5.85. The largest absolute Gasteiger partial charge is 0.475 e. The summed E-state index contributed by atoms with van der Waals surface area (Å²) in [5.41, 5.74) is 0.312. The van der Waals surface area contributed by atoms with E-state index < -0.39 is 17.7 Å². The number of rotatable bonds is 2. The number of alkyl halides is 3. The van der Waals surface area contributed by atoms with Gasteiger partial charge in [0, 0.05) is 11.3 Å². The molecule has 0 aliphatic carbocycles. The molecule has 0 aliphatic rings. The molecular weight excluding hydrogens is 273 g/mol. The Labute approximate surface area is 111 Å². The van der Waals surface area contributed by atoms with E-state index in [0.717, 1.165) is 12.1 Å². The maximum Gasteiger partial charge on any atom is 0.416 e. The summed E-state index contributed by atoms with van der Waals surface area (Å²) >= 11 is 0. The minimum absolute atomic E-state index is 0.267. The highest BCUT2D eigenvalue weighted by Crippen LogP contribution is 2.30. The molecule has 0 amide bonds. The molecule has 0 fully saturated rings. The normalized spacial score (nSPS) is 11.4. The van der Waals surface area contributed by atoms with Crippen molar-refractivity contribution in [2.75, 3.05) is 0 Å². The number of hydrogen-bond acceptors (Lipinski definition) is 3. The Morgan fingerprint density at radius 1 is 1.15 bits per heavy atom. The quantitative estimate of drug-likeness (QED) is 0.919. The Morgan fingerprint density at radius 2 is 1.75 bits per heavy atom. The first-order valence-corrected chi connectivity index (χ1v) is 5.54. The van der Waals surface area contributed by atoms with Gasteiger partial charge in [-0.1, -0.05) is 12.1 Å². The van der Waals surface area contributed by atoms with Crippen LogP contribution in [0.2, 0.25) is 0 Å². The molecule has 0 bridgehead atoms. The highest BCUT2D eigenvalue weighted by atomic mass is 19.4. The third-order valence-electron chi connectivity index (χ3n) is 2.55. The van der Waals surface area contributed by atoms with Crippen molar-refractivity contribution in [2.45, 2.75) is 13.1 Å². The van der Waals surface area contributed by atoms with Crippen LogP contribution in [0.1, 0.15) is 21.9 Å². The Morgan fingerprint density at radius 3 is 2.25 bits per heavy atom. The zero-order valence-electron chi connectivity index (χ0n) is 10.3. The molecule has 1 aromatic carbocycles. The molecule has 0 spiro atoms. The summed E-state index contributed by atoms with van der Waals surface area (Å²) in [7, 11) is 0. The van der Waals surface area contributed by atoms with Gasteiger partial charge in [-0.25, -0.2) is 14.8 Å². The van der Waals surface area contributed by atoms with E-state index >= 15 is 0 Å². The van der Waals surface area contributed by atoms with Crippen LogP contribution in [-0.4, -0.2) is 21.0 Å². The van der Waals surface area contributed by atoms with Gasteiger partial charge in [0.15, 0.2) is 0 Å². The number of aryl methyl sites for hydroxylation is 1. The van der Waals surface area contributed by atoms with Gasteiger partial charge in [0.1, 0.15) is 0 Å². The molecule has 0 saturated heterocycles. The second-order valence-corrected chi connectivity index (χ2v) is 4.10. The topological polar surface area (TPSA) is 63.1 Å². The molecule has 0 aliphatic heterocycles. The monoisotopic (exact) mass is 282 g/mol. The first kappa shape index (κ1) is 14.0. The molecule has 1 N–H and O–H groups in total. The van der Waals surface area contributed by atoms with E-state index in [1.54, 1.807) is 6.92 Å². The summed E-state index contributed by atoms with van der Waals surface area (Å²) < 4.78 is 37.4.